The SMILES string of the molecule is CCC(CC)CNC(=NC)NCCC(=O)N(C)Cc1ccccc1. The standard InChI is InChI=1S/C19H32N4O/c1-5-16(6-2)14-22-19(20-3)21-13-12-18(24)23(4)15-17-10-8-7-9-11-17/h7-11,16H,5-6,12-15H2,1-4H3,(H2,20,21,22). The van der Waals surface area contributed by atoms with Crippen LogP contribution in [0.5, 0.6) is 0 Å². The smallest absolute Gasteiger partial charge is 0.224 e. The van der Waals surface area contributed by atoms with Gasteiger partial charge >= 0.3 is 0 Å². The molecule has 0 spiro atoms. The molecular formula is C19H32N4O. The molecule has 0 aliphatic carbocycles. The van der Waals surface area contributed by atoms with Gasteiger partial charge in [0.1, 0.15) is 0 Å². The fraction of sp³-hybridized carbons (Fsp3) is 0.579. The maximum atomic E-state index is 12.2. The second-order valence-corrected chi connectivity index (χ2v) is 6.05. The Labute approximate surface area is 146 Å². The van der Waals surface area contributed by atoms with Gasteiger partial charge in [-0.3, -0.25) is 9.79 Å². The highest BCUT2D eigenvalue weighted by molar-refractivity contribution is 5.81. The fourth-order valence-corrected chi connectivity index (χ4v) is 2.46. The molecule has 1 amide bonds. The zero-order chi connectivity index (χ0) is 17.8. The van der Waals surface area contributed by atoms with Crippen LogP contribution in [0.15, 0.2) is 35.3 Å². The lowest BCUT2D eigenvalue weighted by Crippen LogP contribution is -2.41. The van der Waals surface area contributed by atoms with Gasteiger partial charge in [0, 0.05) is 40.2 Å². The number of nitrogens with one attached hydrogen (secondary N) is 2. The second-order valence-electron chi connectivity index (χ2n) is 6.05. The number of hydrogen-bond acceptors (Lipinski definition) is 2. The van der Waals surface area contributed by atoms with Crippen molar-refractivity contribution in [3.8, 4) is 0 Å². The van der Waals surface area contributed by atoms with Crippen LogP contribution in [-0.4, -0.2) is 44.0 Å². The lowest BCUT2D eigenvalue weighted by molar-refractivity contribution is -0.130. The van der Waals surface area contributed by atoms with Crippen molar-refractivity contribution in [1.82, 2.24) is 15.5 Å². The number of nitrogens with zero attached hydrogens (tertiary/aromatic N) is 2. The summed E-state index contributed by atoms with van der Waals surface area (Å²) in [6.07, 6.45) is 2.77. The normalized spacial score (nSPS) is 11.5. The highest BCUT2D eigenvalue weighted by Gasteiger charge is 2.10. The van der Waals surface area contributed by atoms with E-state index in [0.717, 1.165) is 30.9 Å². The quantitative estimate of drug-likeness (QED) is 0.540. The lowest BCUT2D eigenvalue weighted by Gasteiger charge is -2.19. The van der Waals surface area contributed by atoms with Crippen molar-refractivity contribution in [3.05, 3.63) is 35.9 Å². The summed E-state index contributed by atoms with van der Waals surface area (Å²) < 4.78 is 0. The van der Waals surface area contributed by atoms with Gasteiger partial charge in [0.25, 0.3) is 0 Å². The van der Waals surface area contributed by atoms with Crippen LogP contribution in [0.3, 0.4) is 0 Å². The van der Waals surface area contributed by atoms with Crippen molar-refractivity contribution in [2.45, 2.75) is 39.7 Å². The molecule has 1 aromatic carbocycles. The summed E-state index contributed by atoms with van der Waals surface area (Å²) in [6, 6.07) is 10.0. The third-order valence-electron chi connectivity index (χ3n) is 4.26. The molecule has 0 aliphatic rings. The Hall–Kier alpha value is -2.04. The molecule has 0 unspecified atom stereocenters. The van der Waals surface area contributed by atoms with Crippen molar-refractivity contribution < 1.29 is 4.79 Å². The Morgan fingerprint density at radius 2 is 1.83 bits per heavy atom. The van der Waals surface area contributed by atoms with Crippen LogP contribution in [0.2, 0.25) is 0 Å². The first kappa shape index (κ1) is 20.0. The van der Waals surface area contributed by atoms with Crippen LogP contribution in [0.4, 0.5) is 0 Å². The minimum atomic E-state index is 0.127. The summed E-state index contributed by atoms with van der Waals surface area (Å²) in [6.45, 7) is 6.54. The van der Waals surface area contributed by atoms with Crippen molar-refractivity contribution in [2.24, 2.45) is 10.9 Å². The maximum absolute atomic E-state index is 12.2. The summed E-state index contributed by atoms with van der Waals surface area (Å²) in [5.41, 5.74) is 1.14. The zero-order valence-corrected chi connectivity index (χ0v) is 15.5. The molecule has 0 radical (unpaired) electrons. The van der Waals surface area contributed by atoms with Crippen molar-refractivity contribution in [3.63, 3.8) is 0 Å². The molecular weight excluding hydrogens is 300 g/mol. The summed E-state index contributed by atoms with van der Waals surface area (Å²) in [4.78, 5) is 18.2. The van der Waals surface area contributed by atoms with E-state index in [9.17, 15) is 4.79 Å². The lowest BCUT2D eigenvalue weighted by atomic mass is 10.0. The number of benzene rings is 1. The van der Waals surface area contributed by atoms with E-state index in [1.54, 1.807) is 11.9 Å². The highest BCUT2D eigenvalue weighted by atomic mass is 16.2. The number of carbonyl (C=O) groups is 1. The largest absolute Gasteiger partial charge is 0.356 e. The average molecular weight is 332 g/mol. The van der Waals surface area contributed by atoms with Gasteiger partial charge in [-0.2, -0.15) is 0 Å². The van der Waals surface area contributed by atoms with Crippen LogP contribution in [-0.2, 0) is 11.3 Å². The molecule has 0 bridgehead atoms. The molecule has 5 heteroatoms. The first-order chi connectivity index (χ1) is 11.6. The van der Waals surface area contributed by atoms with Crippen LogP contribution in [0, 0.1) is 5.92 Å². The number of guanidine groups is 1. The zero-order valence-electron chi connectivity index (χ0n) is 15.5. The molecule has 134 valence electrons. The number of carbonyl (C=O) groups excluding carboxylic acids is 1. The Bertz CT molecular complexity index is 497. The minimum absolute atomic E-state index is 0.127. The van der Waals surface area contributed by atoms with Crippen LogP contribution < -0.4 is 10.6 Å². The van der Waals surface area contributed by atoms with E-state index in [1.165, 1.54) is 0 Å². The van der Waals surface area contributed by atoms with E-state index in [0.29, 0.717) is 25.4 Å². The van der Waals surface area contributed by atoms with E-state index in [1.807, 2.05) is 37.4 Å². The molecule has 0 aliphatic heterocycles. The van der Waals surface area contributed by atoms with E-state index < -0.39 is 0 Å². The molecule has 0 heterocycles. The van der Waals surface area contributed by atoms with E-state index in [2.05, 4.69) is 29.5 Å². The molecule has 5 nitrogen and oxygen atoms in total. The predicted octanol–water partition coefficient (Wildman–Crippen LogP) is 2.64. The first-order valence-electron chi connectivity index (χ1n) is 8.83. The van der Waals surface area contributed by atoms with Gasteiger partial charge in [0.05, 0.1) is 0 Å². The minimum Gasteiger partial charge on any atom is -0.356 e. The van der Waals surface area contributed by atoms with Gasteiger partial charge in [-0.1, -0.05) is 57.0 Å². The second kappa shape index (κ2) is 11.5. The van der Waals surface area contributed by atoms with E-state index >= 15 is 0 Å². The number of aliphatic imine (C=N–C) groups is 1. The number of hydrogen-bond donors (Lipinski definition) is 2. The van der Waals surface area contributed by atoms with E-state index in [4.69, 9.17) is 0 Å². The molecule has 1 aromatic rings. The fourth-order valence-electron chi connectivity index (χ4n) is 2.46. The third-order valence-corrected chi connectivity index (χ3v) is 4.26. The summed E-state index contributed by atoms with van der Waals surface area (Å²) in [5, 5.41) is 6.54. The monoisotopic (exact) mass is 332 g/mol. The van der Waals surface area contributed by atoms with Gasteiger partial charge in [-0.15, -0.1) is 0 Å². The molecule has 0 fully saturated rings. The molecule has 24 heavy (non-hydrogen) atoms. The highest BCUT2D eigenvalue weighted by Crippen LogP contribution is 2.05. The Kier molecular flexibility index (Phi) is 9.58. The Morgan fingerprint density at radius 1 is 1.17 bits per heavy atom. The van der Waals surface area contributed by atoms with Crippen molar-refractivity contribution in [1.29, 1.82) is 0 Å². The van der Waals surface area contributed by atoms with Crippen LogP contribution in [0.1, 0.15) is 38.7 Å². The summed E-state index contributed by atoms with van der Waals surface area (Å²) in [5.74, 6) is 1.55. The molecule has 2 N–H and O–H groups in total. The third kappa shape index (κ3) is 7.49. The first-order valence-corrected chi connectivity index (χ1v) is 8.83. The Balaban J connectivity index is 2.30. The van der Waals surface area contributed by atoms with Gasteiger partial charge < -0.3 is 15.5 Å². The van der Waals surface area contributed by atoms with Crippen LogP contribution >= 0.6 is 0 Å². The van der Waals surface area contributed by atoms with Gasteiger partial charge in [0.2, 0.25) is 5.91 Å². The summed E-state index contributed by atoms with van der Waals surface area (Å²) in [7, 11) is 3.60. The molecule has 1 rings (SSSR count). The van der Waals surface area contributed by atoms with Crippen LogP contribution in [0.25, 0.3) is 0 Å². The topological polar surface area (TPSA) is 56.7 Å². The molecule has 0 aromatic heterocycles. The number of amides is 1. The van der Waals surface area contributed by atoms with Gasteiger partial charge in [-0.05, 0) is 11.5 Å². The number of rotatable bonds is 9. The van der Waals surface area contributed by atoms with Gasteiger partial charge in [-0.25, -0.2) is 0 Å². The molecule has 0 atom stereocenters. The molecule has 0 saturated heterocycles. The molecule has 0 saturated carbocycles. The van der Waals surface area contributed by atoms with Crippen molar-refractivity contribution >= 4 is 11.9 Å². The maximum Gasteiger partial charge on any atom is 0.224 e. The van der Waals surface area contributed by atoms with Crippen molar-refractivity contribution in [2.75, 3.05) is 27.2 Å². The van der Waals surface area contributed by atoms with E-state index in [-0.39, 0.29) is 5.91 Å². The predicted molar refractivity (Wildman–Crippen MR) is 101 cm³/mol. The summed E-state index contributed by atoms with van der Waals surface area (Å²) >= 11 is 0. The average Bonchev–Trinajstić information content (AvgIpc) is 2.61. The van der Waals surface area contributed by atoms with Gasteiger partial charge in [0.15, 0.2) is 5.96 Å². The Morgan fingerprint density at radius 3 is 2.42 bits per heavy atom.